The fourth-order valence-electron chi connectivity index (χ4n) is 3.47. The molecule has 6 heteroatoms. The highest BCUT2D eigenvalue weighted by molar-refractivity contribution is 6.01. The van der Waals surface area contributed by atoms with Gasteiger partial charge in [-0.05, 0) is 18.6 Å². The molecule has 112 valence electrons. The minimum Gasteiger partial charge on any atom is -0.337 e. The van der Waals surface area contributed by atoms with Gasteiger partial charge in [0.1, 0.15) is 0 Å². The number of hydrogen-bond acceptors (Lipinski definition) is 3. The highest BCUT2D eigenvalue weighted by Gasteiger charge is 2.50. The van der Waals surface area contributed by atoms with Gasteiger partial charge in [-0.3, -0.25) is 9.59 Å². The van der Waals surface area contributed by atoms with Gasteiger partial charge in [0.05, 0.1) is 22.7 Å². The largest absolute Gasteiger partial charge is 0.337 e. The van der Waals surface area contributed by atoms with Crippen LogP contribution in [0.1, 0.15) is 23.2 Å². The zero-order valence-corrected chi connectivity index (χ0v) is 12.1. The molecule has 4 rings (SSSR count). The number of amides is 2. The monoisotopic (exact) mass is 296 g/mol. The second kappa shape index (κ2) is 4.43. The molecule has 4 heterocycles. The Morgan fingerprint density at radius 2 is 2.27 bits per heavy atom. The van der Waals surface area contributed by atoms with Crippen LogP contribution in [0, 0.1) is 5.41 Å². The van der Waals surface area contributed by atoms with Crippen molar-refractivity contribution < 1.29 is 9.59 Å². The van der Waals surface area contributed by atoms with Gasteiger partial charge in [-0.1, -0.05) is 12.6 Å². The first kappa shape index (κ1) is 13.1. The van der Waals surface area contributed by atoms with Crippen molar-refractivity contribution in [2.45, 2.75) is 12.8 Å². The summed E-state index contributed by atoms with van der Waals surface area (Å²) in [5.41, 5.74) is 1.62. The number of rotatable bonds is 1. The van der Waals surface area contributed by atoms with Crippen LogP contribution in [0.5, 0.6) is 0 Å². The normalized spacial score (nSPS) is 24.5. The molecule has 2 fully saturated rings. The van der Waals surface area contributed by atoms with E-state index in [4.69, 9.17) is 0 Å². The lowest BCUT2D eigenvalue weighted by atomic mass is 9.85. The van der Waals surface area contributed by atoms with Crippen molar-refractivity contribution >= 4 is 17.3 Å². The number of nitrogens with zero attached hydrogens (tertiary/aromatic N) is 3. The molecule has 0 saturated carbocycles. The number of pyridine rings is 1. The van der Waals surface area contributed by atoms with Crippen molar-refractivity contribution in [3.63, 3.8) is 0 Å². The van der Waals surface area contributed by atoms with Gasteiger partial charge in [0, 0.05) is 31.4 Å². The second-order valence-corrected chi connectivity index (χ2v) is 6.08. The SMILES string of the molecule is C=C1CC2(CCN(C(=O)c3cnn4ccccc34)C2)C(=O)N1. The van der Waals surface area contributed by atoms with E-state index in [9.17, 15) is 9.59 Å². The smallest absolute Gasteiger partial charge is 0.257 e. The number of carbonyl (C=O) groups excluding carboxylic acids is 2. The molecule has 0 aliphatic carbocycles. The fraction of sp³-hybridized carbons (Fsp3) is 0.312. The predicted octanol–water partition coefficient (Wildman–Crippen LogP) is 1.20. The van der Waals surface area contributed by atoms with Crippen LogP contribution in [0.25, 0.3) is 5.52 Å². The maximum absolute atomic E-state index is 12.8. The average Bonchev–Trinajstić information content (AvgIpc) is 3.17. The molecule has 2 aromatic heterocycles. The van der Waals surface area contributed by atoms with Gasteiger partial charge < -0.3 is 10.2 Å². The molecule has 2 aromatic rings. The molecule has 1 unspecified atom stereocenters. The fourth-order valence-corrected chi connectivity index (χ4v) is 3.47. The lowest BCUT2D eigenvalue weighted by molar-refractivity contribution is -0.126. The zero-order chi connectivity index (χ0) is 15.3. The Morgan fingerprint density at radius 3 is 3.05 bits per heavy atom. The minimum atomic E-state index is -0.490. The summed E-state index contributed by atoms with van der Waals surface area (Å²) in [7, 11) is 0. The number of carbonyl (C=O) groups is 2. The molecule has 0 radical (unpaired) electrons. The number of allylic oxidation sites excluding steroid dienone is 1. The van der Waals surface area contributed by atoms with Crippen LogP contribution in [-0.4, -0.2) is 39.4 Å². The van der Waals surface area contributed by atoms with Crippen molar-refractivity contribution in [3.05, 3.63) is 48.4 Å². The van der Waals surface area contributed by atoms with E-state index in [-0.39, 0.29) is 11.8 Å². The van der Waals surface area contributed by atoms with Gasteiger partial charge in [0.15, 0.2) is 0 Å². The first-order chi connectivity index (χ1) is 10.6. The molecule has 0 bridgehead atoms. The highest BCUT2D eigenvalue weighted by Crippen LogP contribution is 2.40. The summed E-state index contributed by atoms with van der Waals surface area (Å²) in [5.74, 6) is -0.0731. The Morgan fingerprint density at radius 1 is 1.41 bits per heavy atom. The van der Waals surface area contributed by atoms with E-state index in [0.717, 1.165) is 11.2 Å². The van der Waals surface area contributed by atoms with Crippen LogP contribution in [0.3, 0.4) is 0 Å². The molecular formula is C16H16N4O2. The summed E-state index contributed by atoms with van der Waals surface area (Å²) in [4.78, 5) is 26.7. The van der Waals surface area contributed by atoms with Crippen molar-refractivity contribution in [2.24, 2.45) is 5.41 Å². The summed E-state index contributed by atoms with van der Waals surface area (Å²) >= 11 is 0. The van der Waals surface area contributed by atoms with Crippen LogP contribution in [0.15, 0.2) is 42.9 Å². The summed E-state index contributed by atoms with van der Waals surface area (Å²) in [6.45, 7) is 4.87. The van der Waals surface area contributed by atoms with Gasteiger partial charge in [-0.15, -0.1) is 0 Å². The van der Waals surface area contributed by atoms with E-state index in [2.05, 4.69) is 17.0 Å². The van der Waals surface area contributed by atoms with Gasteiger partial charge in [-0.25, -0.2) is 4.52 Å². The Labute approximate surface area is 127 Å². The standard InChI is InChI=1S/C16H16N4O2/c1-11-8-16(15(22)18-11)5-7-19(10-16)14(21)12-9-17-20-6-3-2-4-13(12)20/h2-4,6,9H,1,5,7-8,10H2,(H,18,22). The third-order valence-corrected chi connectivity index (χ3v) is 4.62. The van der Waals surface area contributed by atoms with E-state index >= 15 is 0 Å². The first-order valence-electron chi connectivity index (χ1n) is 7.30. The van der Waals surface area contributed by atoms with Gasteiger partial charge in [0.25, 0.3) is 5.91 Å². The molecule has 1 N–H and O–H groups in total. The molecule has 2 aliphatic heterocycles. The van der Waals surface area contributed by atoms with E-state index in [1.807, 2.05) is 24.4 Å². The lowest BCUT2D eigenvalue weighted by Crippen LogP contribution is -2.36. The Balaban J connectivity index is 1.62. The van der Waals surface area contributed by atoms with E-state index in [1.54, 1.807) is 15.6 Å². The highest BCUT2D eigenvalue weighted by atomic mass is 16.2. The van der Waals surface area contributed by atoms with Crippen LogP contribution in [0.4, 0.5) is 0 Å². The summed E-state index contributed by atoms with van der Waals surface area (Å²) in [6, 6.07) is 5.62. The van der Waals surface area contributed by atoms with Crippen LogP contribution in [0.2, 0.25) is 0 Å². The van der Waals surface area contributed by atoms with E-state index < -0.39 is 5.41 Å². The number of nitrogens with one attached hydrogen (secondary N) is 1. The molecule has 1 atom stereocenters. The quantitative estimate of drug-likeness (QED) is 0.860. The number of aromatic nitrogens is 2. The maximum Gasteiger partial charge on any atom is 0.257 e. The molecule has 22 heavy (non-hydrogen) atoms. The van der Waals surface area contributed by atoms with Crippen LogP contribution in [-0.2, 0) is 4.79 Å². The van der Waals surface area contributed by atoms with Gasteiger partial charge >= 0.3 is 0 Å². The molecule has 6 nitrogen and oxygen atoms in total. The number of fused-ring (bicyclic) bond motifs is 1. The van der Waals surface area contributed by atoms with Crippen LogP contribution >= 0.6 is 0 Å². The summed E-state index contributed by atoms with van der Waals surface area (Å²) < 4.78 is 1.68. The predicted molar refractivity (Wildman–Crippen MR) is 80.0 cm³/mol. The van der Waals surface area contributed by atoms with Crippen molar-refractivity contribution in [1.82, 2.24) is 19.8 Å². The summed E-state index contributed by atoms with van der Waals surface area (Å²) in [6.07, 6.45) is 4.70. The molecule has 2 saturated heterocycles. The molecule has 1 spiro atoms. The van der Waals surface area contributed by atoms with Crippen molar-refractivity contribution in [1.29, 1.82) is 0 Å². The third kappa shape index (κ3) is 1.76. The zero-order valence-electron chi connectivity index (χ0n) is 12.1. The topological polar surface area (TPSA) is 66.7 Å². The first-order valence-corrected chi connectivity index (χ1v) is 7.30. The van der Waals surface area contributed by atoms with Gasteiger partial charge in [-0.2, -0.15) is 5.10 Å². The average molecular weight is 296 g/mol. The lowest BCUT2D eigenvalue weighted by Gasteiger charge is -2.20. The van der Waals surface area contributed by atoms with Crippen molar-refractivity contribution in [2.75, 3.05) is 13.1 Å². The van der Waals surface area contributed by atoms with Crippen LogP contribution < -0.4 is 5.32 Å². The molecule has 2 amide bonds. The third-order valence-electron chi connectivity index (χ3n) is 4.62. The Kier molecular flexibility index (Phi) is 2.63. The van der Waals surface area contributed by atoms with Gasteiger partial charge in [0.2, 0.25) is 5.91 Å². The Bertz CT molecular complexity index is 809. The summed E-state index contributed by atoms with van der Waals surface area (Å²) in [5, 5.41) is 6.99. The number of likely N-dealkylation sites (tertiary alicyclic amines) is 1. The van der Waals surface area contributed by atoms with E-state index in [0.29, 0.717) is 31.5 Å². The van der Waals surface area contributed by atoms with Crippen molar-refractivity contribution in [3.8, 4) is 0 Å². The molecular weight excluding hydrogens is 280 g/mol. The maximum atomic E-state index is 12.8. The van der Waals surface area contributed by atoms with E-state index in [1.165, 1.54) is 0 Å². The second-order valence-electron chi connectivity index (χ2n) is 6.08. The number of hydrogen-bond donors (Lipinski definition) is 1. The molecule has 2 aliphatic rings. The Hall–Kier alpha value is -2.63. The minimum absolute atomic E-state index is 0.00679. The molecule has 0 aromatic carbocycles.